The van der Waals surface area contributed by atoms with Crippen LogP contribution in [0.15, 0.2) is 48.5 Å². The fraction of sp³-hybridized carbons (Fsp3) is 0.462. The Kier molecular flexibility index (Phi) is 11.1. The molecule has 0 saturated carbocycles. The highest BCUT2D eigenvalue weighted by Gasteiger charge is 2.07. The quantitative estimate of drug-likeness (QED) is 0.402. The van der Waals surface area contributed by atoms with Gasteiger partial charge < -0.3 is 20.3 Å². The lowest BCUT2D eigenvalue weighted by Gasteiger charge is -2.12. The Morgan fingerprint density at radius 3 is 2.47 bits per heavy atom. The van der Waals surface area contributed by atoms with E-state index in [1.165, 1.54) is 25.7 Å². The molecule has 2 N–H and O–H groups in total. The van der Waals surface area contributed by atoms with E-state index in [1.54, 1.807) is 19.0 Å². The third kappa shape index (κ3) is 9.86. The van der Waals surface area contributed by atoms with E-state index < -0.39 is 0 Å². The van der Waals surface area contributed by atoms with E-state index in [4.69, 9.17) is 4.74 Å². The van der Waals surface area contributed by atoms with Crippen molar-refractivity contribution in [3.8, 4) is 5.75 Å². The molecule has 2 rings (SSSR count). The van der Waals surface area contributed by atoms with Crippen molar-refractivity contribution in [1.29, 1.82) is 0 Å². The monoisotopic (exact) mass is 439 g/mol. The minimum atomic E-state index is -0.130. The summed E-state index contributed by atoms with van der Waals surface area (Å²) in [5.41, 5.74) is 2.64. The predicted octanol–water partition coefficient (Wildman–Crippen LogP) is 5.11. The fourth-order valence-electron chi connectivity index (χ4n) is 3.26. The highest BCUT2D eigenvalue weighted by molar-refractivity contribution is 5.93. The standard InChI is InChI=1S/C26H37N3O3/c1-4-5-6-7-8-17-32-24-14-10-13-23(19-24)28-25(30)20-27-22-12-9-11-21(18-22)15-16-26(31)29(2)3/h9-14,18-19,27H,4-8,15-17,20H2,1-3H3,(H,28,30). The van der Waals surface area contributed by atoms with Crippen molar-refractivity contribution >= 4 is 23.2 Å². The van der Waals surface area contributed by atoms with Crippen molar-refractivity contribution in [3.05, 3.63) is 54.1 Å². The van der Waals surface area contributed by atoms with Crippen LogP contribution in [0.5, 0.6) is 5.75 Å². The number of hydrogen-bond acceptors (Lipinski definition) is 4. The Morgan fingerprint density at radius 1 is 0.938 bits per heavy atom. The van der Waals surface area contributed by atoms with E-state index in [2.05, 4.69) is 17.6 Å². The average Bonchev–Trinajstić information content (AvgIpc) is 2.79. The summed E-state index contributed by atoms with van der Waals surface area (Å²) in [6.45, 7) is 3.06. The Morgan fingerprint density at radius 2 is 1.69 bits per heavy atom. The molecule has 2 aromatic carbocycles. The topological polar surface area (TPSA) is 70.7 Å². The molecule has 0 aromatic heterocycles. The van der Waals surface area contributed by atoms with Gasteiger partial charge in [-0.15, -0.1) is 0 Å². The molecular formula is C26H37N3O3. The lowest BCUT2D eigenvalue weighted by Crippen LogP contribution is -2.22. The Bertz CT molecular complexity index is 852. The number of carbonyl (C=O) groups excluding carboxylic acids is 2. The zero-order chi connectivity index (χ0) is 23.2. The van der Waals surface area contributed by atoms with Gasteiger partial charge in [0, 0.05) is 38.0 Å². The molecule has 32 heavy (non-hydrogen) atoms. The van der Waals surface area contributed by atoms with Crippen LogP contribution in [0.2, 0.25) is 0 Å². The van der Waals surface area contributed by atoms with Crippen molar-refractivity contribution in [2.24, 2.45) is 0 Å². The maximum atomic E-state index is 12.4. The van der Waals surface area contributed by atoms with Gasteiger partial charge in [0.05, 0.1) is 13.2 Å². The number of benzene rings is 2. The highest BCUT2D eigenvalue weighted by Crippen LogP contribution is 2.18. The van der Waals surface area contributed by atoms with Crippen molar-refractivity contribution in [1.82, 2.24) is 4.90 Å². The number of nitrogens with one attached hydrogen (secondary N) is 2. The number of carbonyl (C=O) groups is 2. The van der Waals surface area contributed by atoms with Crippen LogP contribution in [-0.4, -0.2) is 44.0 Å². The van der Waals surface area contributed by atoms with Crippen molar-refractivity contribution in [3.63, 3.8) is 0 Å². The highest BCUT2D eigenvalue weighted by atomic mass is 16.5. The number of nitrogens with zero attached hydrogens (tertiary/aromatic N) is 1. The number of amides is 2. The molecule has 0 aliphatic rings. The normalized spacial score (nSPS) is 10.5. The molecule has 0 spiro atoms. The van der Waals surface area contributed by atoms with Crippen LogP contribution in [0, 0.1) is 0 Å². The van der Waals surface area contributed by atoms with E-state index >= 15 is 0 Å². The second-order valence-electron chi connectivity index (χ2n) is 8.18. The second kappa shape index (κ2) is 14.1. The molecule has 0 atom stereocenters. The first-order chi connectivity index (χ1) is 15.5. The largest absolute Gasteiger partial charge is 0.494 e. The zero-order valence-corrected chi connectivity index (χ0v) is 19.7. The Hall–Kier alpha value is -3.02. The minimum absolute atomic E-state index is 0.102. The van der Waals surface area contributed by atoms with Crippen molar-refractivity contribution in [2.45, 2.75) is 51.9 Å². The zero-order valence-electron chi connectivity index (χ0n) is 19.7. The summed E-state index contributed by atoms with van der Waals surface area (Å²) < 4.78 is 5.81. The number of rotatable bonds is 14. The van der Waals surface area contributed by atoms with E-state index in [-0.39, 0.29) is 18.4 Å². The van der Waals surface area contributed by atoms with E-state index in [9.17, 15) is 9.59 Å². The molecule has 0 unspecified atom stereocenters. The lowest BCUT2D eigenvalue weighted by molar-refractivity contribution is -0.128. The molecule has 0 aliphatic carbocycles. The SMILES string of the molecule is CCCCCCCOc1cccc(NC(=O)CNc2cccc(CCC(=O)N(C)C)c2)c1. The summed E-state index contributed by atoms with van der Waals surface area (Å²) in [5.74, 6) is 0.742. The summed E-state index contributed by atoms with van der Waals surface area (Å²) in [6, 6.07) is 15.3. The molecule has 0 fully saturated rings. The van der Waals surface area contributed by atoms with Gasteiger partial charge in [-0.05, 0) is 42.7 Å². The van der Waals surface area contributed by atoms with Gasteiger partial charge in [0.2, 0.25) is 11.8 Å². The maximum Gasteiger partial charge on any atom is 0.243 e. The number of unbranched alkanes of at least 4 members (excludes halogenated alkanes) is 4. The van der Waals surface area contributed by atoms with Gasteiger partial charge in [-0.2, -0.15) is 0 Å². The molecular weight excluding hydrogens is 402 g/mol. The molecule has 174 valence electrons. The lowest BCUT2D eigenvalue weighted by atomic mass is 10.1. The van der Waals surface area contributed by atoms with Gasteiger partial charge >= 0.3 is 0 Å². The summed E-state index contributed by atoms with van der Waals surface area (Å²) in [4.78, 5) is 25.7. The average molecular weight is 440 g/mol. The molecule has 0 aliphatic heterocycles. The van der Waals surface area contributed by atoms with Crippen LogP contribution in [-0.2, 0) is 16.0 Å². The summed E-state index contributed by atoms with van der Waals surface area (Å²) in [7, 11) is 3.52. The van der Waals surface area contributed by atoms with E-state index in [0.29, 0.717) is 19.4 Å². The number of aryl methyl sites for hydroxylation is 1. The van der Waals surface area contributed by atoms with Crippen LogP contribution in [0.3, 0.4) is 0 Å². The fourth-order valence-corrected chi connectivity index (χ4v) is 3.26. The van der Waals surface area contributed by atoms with Gasteiger partial charge in [-0.25, -0.2) is 0 Å². The first-order valence-electron chi connectivity index (χ1n) is 11.5. The predicted molar refractivity (Wildman–Crippen MR) is 131 cm³/mol. The van der Waals surface area contributed by atoms with Crippen molar-refractivity contribution in [2.75, 3.05) is 37.9 Å². The number of hydrogen-bond donors (Lipinski definition) is 2. The first kappa shape index (κ1) is 25.2. The molecule has 6 heteroatoms. The Balaban J connectivity index is 1.76. The molecule has 2 amide bonds. The van der Waals surface area contributed by atoms with Gasteiger partial charge in [0.25, 0.3) is 0 Å². The van der Waals surface area contributed by atoms with E-state index in [1.807, 2.05) is 48.5 Å². The summed E-state index contributed by atoms with van der Waals surface area (Å²) in [5, 5.41) is 6.06. The smallest absolute Gasteiger partial charge is 0.243 e. The summed E-state index contributed by atoms with van der Waals surface area (Å²) >= 11 is 0. The third-order valence-electron chi connectivity index (χ3n) is 5.14. The van der Waals surface area contributed by atoms with Gasteiger partial charge in [-0.3, -0.25) is 9.59 Å². The van der Waals surface area contributed by atoms with Gasteiger partial charge in [-0.1, -0.05) is 50.8 Å². The van der Waals surface area contributed by atoms with Gasteiger partial charge in [0.1, 0.15) is 5.75 Å². The molecule has 0 heterocycles. The second-order valence-corrected chi connectivity index (χ2v) is 8.18. The van der Waals surface area contributed by atoms with Crippen molar-refractivity contribution < 1.29 is 14.3 Å². The van der Waals surface area contributed by atoms with Crippen LogP contribution in [0.1, 0.15) is 51.0 Å². The molecule has 0 saturated heterocycles. The first-order valence-corrected chi connectivity index (χ1v) is 11.5. The number of anilines is 2. The van der Waals surface area contributed by atoms with Crippen LogP contribution in [0.25, 0.3) is 0 Å². The minimum Gasteiger partial charge on any atom is -0.494 e. The maximum absolute atomic E-state index is 12.4. The Labute approximate surface area is 192 Å². The third-order valence-corrected chi connectivity index (χ3v) is 5.14. The molecule has 0 bridgehead atoms. The van der Waals surface area contributed by atoms with Crippen LogP contribution >= 0.6 is 0 Å². The number of ether oxygens (including phenoxy) is 1. The molecule has 2 aromatic rings. The molecule has 0 radical (unpaired) electrons. The summed E-state index contributed by atoms with van der Waals surface area (Å²) in [6.07, 6.45) is 7.13. The van der Waals surface area contributed by atoms with E-state index in [0.717, 1.165) is 29.1 Å². The van der Waals surface area contributed by atoms with Crippen LogP contribution in [0.4, 0.5) is 11.4 Å². The molecule has 6 nitrogen and oxygen atoms in total. The van der Waals surface area contributed by atoms with Gasteiger partial charge in [0.15, 0.2) is 0 Å². The van der Waals surface area contributed by atoms with Crippen LogP contribution < -0.4 is 15.4 Å².